The molecule has 0 saturated carbocycles. The fraction of sp³-hybridized carbons (Fsp3) is 0.0476. The second kappa shape index (κ2) is 10.4. The highest BCUT2D eigenvalue weighted by atomic mass is 16.5. The fourth-order valence-corrected chi connectivity index (χ4v) is 6.69. The number of allylic oxidation sites excluding steroid dienone is 4. The second-order valence-corrected chi connectivity index (χ2v) is 11.7. The average molecular weight is 577 g/mol. The van der Waals surface area contributed by atoms with Crippen molar-refractivity contribution in [1.82, 2.24) is 9.97 Å². The van der Waals surface area contributed by atoms with Crippen molar-refractivity contribution >= 4 is 27.2 Å². The lowest BCUT2D eigenvalue weighted by Gasteiger charge is -2.22. The third-order valence-corrected chi connectivity index (χ3v) is 8.91. The van der Waals surface area contributed by atoms with Gasteiger partial charge >= 0.3 is 0 Å². The van der Waals surface area contributed by atoms with Gasteiger partial charge in [0.15, 0.2) is 0 Å². The topological polar surface area (TPSA) is 35.0 Å². The average Bonchev–Trinajstić information content (AvgIpc) is 3.12. The van der Waals surface area contributed by atoms with Gasteiger partial charge < -0.3 is 4.74 Å². The molecule has 212 valence electrons. The molecule has 2 aliphatic rings. The van der Waals surface area contributed by atoms with Gasteiger partial charge in [0, 0.05) is 33.7 Å². The Morgan fingerprint density at radius 1 is 0.556 bits per heavy atom. The number of fused-ring (bicyclic) bond motifs is 3. The minimum atomic E-state index is 0.896. The van der Waals surface area contributed by atoms with Crippen molar-refractivity contribution in [2.24, 2.45) is 0 Å². The largest absolute Gasteiger partial charge is 0.456 e. The molecule has 0 atom stereocenters. The van der Waals surface area contributed by atoms with E-state index in [1.807, 2.05) is 24.4 Å². The Morgan fingerprint density at radius 3 is 2.33 bits per heavy atom. The molecule has 9 rings (SSSR count). The van der Waals surface area contributed by atoms with Gasteiger partial charge in [0.05, 0.1) is 16.9 Å². The number of ether oxygens (including phenoxy) is 1. The van der Waals surface area contributed by atoms with Crippen LogP contribution in [0.15, 0.2) is 146 Å². The third kappa shape index (κ3) is 4.44. The Labute approximate surface area is 261 Å². The van der Waals surface area contributed by atoms with Crippen LogP contribution in [0.2, 0.25) is 0 Å². The zero-order valence-corrected chi connectivity index (χ0v) is 24.6. The molecule has 0 fully saturated rings. The lowest BCUT2D eigenvalue weighted by Crippen LogP contribution is -1.97. The highest BCUT2D eigenvalue weighted by molar-refractivity contribution is 6.10. The zero-order valence-electron chi connectivity index (χ0n) is 24.6. The molecule has 0 N–H and O–H groups in total. The second-order valence-electron chi connectivity index (χ2n) is 11.7. The van der Waals surface area contributed by atoms with Crippen LogP contribution >= 0.6 is 0 Å². The maximum atomic E-state index is 6.32. The molecule has 0 unspecified atom stereocenters. The molecule has 1 aliphatic carbocycles. The van der Waals surface area contributed by atoms with Gasteiger partial charge in [0.25, 0.3) is 0 Å². The highest BCUT2D eigenvalue weighted by Gasteiger charge is 2.21. The SMILES string of the molecule is C1=CC(c2cc(-c3ccc4cc(-c5ccc6c7c(cccc57)-c5ccccc5O6)cnc4c3)cc(-c3ccccc3)n2)=CCC1. The lowest BCUT2D eigenvalue weighted by atomic mass is 9.90. The third-order valence-electron chi connectivity index (χ3n) is 8.91. The number of para-hydroxylation sites is 1. The quantitative estimate of drug-likeness (QED) is 0.209. The minimum Gasteiger partial charge on any atom is -0.456 e. The van der Waals surface area contributed by atoms with Crippen molar-refractivity contribution in [2.75, 3.05) is 0 Å². The Hall–Kier alpha value is -5.80. The minimum absolute atomic E-state index is 0.896. The van der Waals surface area contributed by atoms with Crippen molar-refractivity contribution in [3.8, 4) is 56.1 Å². The first-order valence-corrected chi connectivity index (χ1v) is 15.5. The van der Waals surface area contributed by atoms with Crippen LogP contribution in [0.4, 0.5) is 0 Å². The maximum absolute atomic E-state index is 6.32. The van der Waals surface area contributed by atoms with Gasteiger partial charge in [-0.3, -0.25) is 4.98 Å². The van der Waals surface area contributed by atoms with Crippen LogP contribution in [0.1, 0.15) is 18.5 Å². The van der Waals surface area contributed by atoms with Crippen LogP contribution in [-0.2, 0) is 0 Å². The number of pyridine rings is 2. The first kappa shape index (κ1) is 25.7. The molecule has 0 amide bonds. The fourth-order valence-electron chi connectivity index (χ4n) is 6.69. The van der Waals surface area contributed by atoms with Crippen LogP contribution in [0.5, 0.6) is 11.5 Å². The number of hydrogen-bond donors (Lipinski definition) is 0. The Balaban J connectivity index is 1.14. The van der Waals surface area contributed by atoms with Crippen LogP contribution in [0.3, 0.4) is 0 Å². The molecular formula is C42H28N2O. The molecule has 0 radical (unpaired) electrons. The molecule has 45 heavy (non-hydrogen) atoms. The van der Waals surface area contributed by atoms with Gasteiger partial charge in [0.2, 0.25) is 0 Å². The smallest absolute Gasteiger partial charge is 0.135 e. The summed E-state index contributed by atoms with van der Waals surface area (Å²) in [5.41, 5.74) is 12.1. The molecule has 0 spiro atoms. The molecular weight excluding hydrogens is 548 g/mol. The van der Waals surface area contributed by atoms with Gasteiger partial charge in [-0.25, -0.2) is 4.98 Å². The molecule has 0 bridgehead atoms. The summed E-state index contributed by atoms with van der Waals surface area (Å²) in [4.78, 5) is 10.1. The van der Waals surface area contributed by atoms with Gasteiger partial charge in [-0.05, 0) is 88.5 Å². The maximum Gasteiger partial charge on any atom is 0.135 e. The highest BCUT2D eigenvalue weighted by Crippen LogP contribution is 2.48. The Kier molecular flexibility index (Phi) is 5.95. The summed E-state index contributed by atoms with van der Waals surface area (Å²) < 4.78 is 6.32. The van der Waals surface area contributed by atoms with Crippen LogP contribution in [0.25, 0.3) is 71.9 Å². The van der Waals surface area contributed by atoms with Crippen LogP contribution < -0.4 is 4.74 Å². The van der Waals surface area contributed by atoms with Crippen LogP contribution in [0, 0.1) is 0 Å². The predicted octanol–water partition coefficient (Wildman–Crippen LogP) is 11.3. The lowest BCUT2D eigenvalue weighted by molar-refractivity contribution is 0.487. The summed E-state index contributed by atoms with van der Waals surface area (Å²) in [7, 11) is 0. The van der Waals surface area contributed by atoms with E-state index >= 15 is 0 Å². The number of hydrogen-bond acceptors (Lipinski definition) is 3. The summed E-state index contributed by atoms with van der Waals surface area (Å²) >= 11 is 0. The first-order chi connectivity index (χ1) is 22.3. The van der Waals surface area contributed by atoms with Gasteiger partial charge in [-0.1, -0.05) is 97.1 Å². The summed E-state index contributed by atoms with van der Waals surface area (Å²) in [6.45, 7) is 0. The normalized spacial score (nSPS) is 13.4. The number of rotatable bonds is 4. The summed E-state index contributed by atoms with van der Waals surface area (Å²) in [5.74, 6) is 1.80. The van der Waals surface area contributed by atoms with Crippen molar-refractivity contribution in [3.05, 3.63) is 151 Å². The Bertz CT molecular complexity index is 2350. The van der Waals surface area contributed by atoms with E-state index in [1.165, 1.54) is 16.5 Å². The Morgan fingerprint density at radius 2 is 1.42 bits per heavy atom. The predicted molar refractivity (Wildman–Crippen MR) is 185 cm³/mol. The van der Waals surface area contributed by atoms with Gasteiger partial charge in [-0.2, -0.15) is 0 Å². The number of aromatic nitrogens is 2. The van der Waals surface area contributed by atoms with Gasteiger partial charge in [-0.15, -0.1) is 0 Å². The van der Waals surface area contributed by atoms with E-state index in [-0.39, 0.29) is 0 Å². The summed E-state index contributed by atoms with van der Waals surface area (Å²) in [6, 6.07) is 42.7. The number of benzene rings is 5. The van der Waals surface area contributed by atoms with Crippen molar-refractivity contribution in [2.45, 2.75) is 12.8 Å². The van der Waals surface area contributed by atoms with E-state index in [0.717, 1.165) is 85.4 Å². The van der Waals surface area contributed by atoms with E-state index in [0.29, 0.717) is 0 Å². The van der Waals surface area contributed by atoms with E-state index in [2.05, 4.69) is 121 Å². The zero-order chi connectivity index (χ0) is 29.7. The van der Waals surface area contributed by atoms with E-state index in [4.69, 9.17) is 14.7 Å². The summed E-state index contributed by atoms with van der Waals surface area (Å²) in [5, 5.41) is 3.42. The number of nitrogens with zero attached hydrogens (tertiary/aromatic N) is 2. The standard InChI is InChI=1S/C42H28N2O/c1-3-10-27(11-4-1)38-24-31(25-39(44-38)28-12-5-2-6-13-28)29-18-19-30-22-32(26-43-37(30)23-29)33-20-21-41-42-35(33)15-9-16-36(42)34-14-7-8-17-40(34)45-41/h1,3-5,7-26H,2,6H2. The molecule has 3 heterocycles. The molecule has 2 aromatic heterocycles. The van der Waals surface area contributed by atoms with Crippen molar-refractivity contribution in [1.29, 1.82) is 0 Å². The monoisotopic (exact) mass is 576 g/mol. The van der Waals surface area contributed by atoms with Crippen LogP contribution in [-0.4, -0.2) is 9.97 Å². The molecule has 1 aliphatic heterocycles. The van der Waals surface area contributed by atoms with E-state index in [1.54, 1.807) is 0 Å². The molecule has 3 nitrogen and oxygen atoms in total. The summed E-state index contributed by atoms with van der Waals surface area (Å²) in [6.07, 6.45) is 10.8. The van der Waals surface area contributed by atoms with Crippen molar-refractivity contribution < 1.29 is 4.74 Å². The molecule has 5 aromatic carbocycles. The first-order valence-electron chi connectivity index (χ1n) is 15.5. The van der Waals surface area contributed by atoms with Crippen molar-refractivity contribution in [3.63, 3.8) is 0 Å². The van der Waals surface area contributed by atoms with E-state index in [9.17, 15) is 0 Å². The molecule has 7 aromatic rings. The molecule has 3 heteroatoms. The molecule has 0 saturated heterocycles. The van der Waals surface area contributed by atoms with E-state index < -0.39 is 0 Å². The van der Waals surface area contributed by atoms with Gasteiger partial charge in [0.1, 0.15) is 11.5 Å².